The fraction of sp³-hybridized carbons (Fsp3) is 0.286. The van der Waals surface area contributed by atoms with E-state index in [1.165, 1.54) is 0 Å². The molecule has 0 radical (unpaired) electrons. The second-order valence-corrected chi connectivity index (χ2v) is 7.45. The van der Waals surface area contributed by atoms with E-state index in [0.29, 0.717) is 28.8 Å². The second-order valence-electron chi connectivity index (χ2n) is 6.64. The van der Waals surface area contributed by atoms with Crippen LogP contribution >= 0.6 is 23.2 Å². The van der Waals surface area contributed by atoms with E-state index in [2.05, 4.69) is 6.07 Å². The average molecular weight is 405 g/mol. The van der Waals surface area contributed by atoms with Crippen LogP contribution in [-0.2, 0) is 0 Å². The molecule has 1 N–H and O–H groups in total. The van der Waals surface area contributed by atoms with Crippen molar-refractivity contribution in [1.82, 2.24) is 4.57 Å². The lowest BCUT2D eigenvalue weighted by Gasteiger charge is -2.21. The summed E-state index contributed by atoms with van der Waals surface area (Å²) in [6.07, 6.45) is 0. The van der Waals surface area contributed by atoms with E-state index < -0.39 is 5.97 Å². The maximum absolute atomic E-state index is 12.3. The number of benzene rings is 2. The van der Waals surface area contributed by atoms with Gasteiger partial charge in [-0.25, -0.2) is 4.79 Å². The molecule has 0 saturated carbocycles. The zero-order valence-electron chi connectivity index (χ0n) is 15.8. The largest absolute Gasteiger partial charge is 0.476 e. The van der Waals surface area contributed by atoms with E-state index >= 15 is 0 Å². The Morgan fingerprint density at radius 3 is 2.07 bits per heavy atom. The van der Waals surface area contributed by atoms with Crippen LogP contribution in [-0.4, -0.2) is 28.7 Å². The van der Waals surface area contributed by atoms with Gasteiger partial charge in [-0.15, -0.1) is 0 Å². The highest BCUT2D eigenvalue weighted by molar-refractivity contribution is 6.43. The lowest BCUT2D eigenvalue weighted by Crippen LogP contribution is -2.24. The summed E-state index contributed by atoms with van der Waals surface area (Å²) in [7, 11) is 0. The third-order valence-corrected chi connectivity index (χ3v) is 5.45. The number of hydrogen-bond acceptors (Lipinski definition) is 2. The highest BCUT2D eigenvalue weighted by atomic mass is 35.5. The quantitative estimate of drug-likeness (QED) is 0.558. The summed E-state index contributed by atoms with van der Waals surface area (Å²) in [5.74, 6) is -0.987. The van der Waals surface area contributed by atoms with E-state index in [9.17, 15) is 9.90 Å². The van der Waals surface area contributed by atoms with Gasteiger partial charge in [0.15, 0.2) is 5.69 Å². The Hall–Kier alpha value is -2.17. The Morgan fingerprint density at radius 2 is 1.56 bits per heavy atom. The Morgan fingerprint density at radius 1 is 1.00 bits per heavy atom. The van der Waals surface area contributed by atoms with Crippen molar-refractivity contribution in [3.63, 3.8) is 0 Å². The molecular formula is C21H22Cl2N2O2. The maximum atomic E-state index is 12.3. The molecule has 0 amide bonds. The van der Waals surface area contributed by atoms with Crippen LogP contribution in [0.4, 0.5) is 5.69 Å². The predicted octanol–water partition coefficient (Wildman–Crippen LogP) is 6.10. The normalized spacial score (nSPS) is 11.2. The highest BCUT2D eigenvalue weighted by Crippen LogP contribution is 2.40. The molecule has 0 saturated heterocycles. The lowest BCUT2D eigenvalue weighted by atomic mass is 10.1. The van der Waals surface area contributed by atoms with Crippen molar-refractivity contribution < 1.29 is 9.90 Å². The average Bonchev–Trinajstić information content (AvgIpc) is 2.90. The molecule has 27 heavy (non-hydrogen) atoms. The number of carboxylic acid groups (broad SMARTS) is 1. The fourth-order valence-electron chi connectivity index (χ4n) is 3.67. The van der Waals surface area contributed by atoms with Crippen molar-refractivity contribution in [2.75, 3.05) is 18.0 Å². The second kappa shape index (κ2) is 7.45. The van der Waals surface area contributed by atoms with Crippen LogP contribution in [0.15, 0.2) is 30.3 Å². The zero-order chi connectivity index (χ0) is 19.9. The summed E-state index contributed by atoms with van der Waals surface area (Å²) < 4.78 is 1.77. The number of halogens is 2. The number of aromatic nitrogens is 1. The van der Waals surface area contributed by atoms with Gasteiger partial charge in [-0.3, -0.25) is 0 Å². The number of carbonyl (C=O) groups is 1. The first kappa shape index (κ1) is 19.6. The summed E-state index contributed by atoms with van der Waals surface area (Å²) in [6, 6.07) is 9.53. The molecule has 0 spiro atoms. The number of nitrogens with zero attached hydrogens (tertiary/aromatic N) is 2. The van der Waals surface area contributed by atoms with Crippen molar-refractivity contribution in [3.05, 3.63) is 57.2 Å². The monoisotopic (exact) mass is 404 g/mol. The van der Waals surface area contributed by atoms with Crippen LogP contribution in [0.5, 0.6) is 0 Å². The molecule has 6 heteroatoms. The van der Waals surface area contributed by atoms with Gasteiger partial charge in [0.05, 0.1) is 21.2 Å². The fourth-order valence-corrected chi connectivity index (χ4v) is 3.99. The number of anilines is 1. The number of aryl methyl sites for hydroxylation is 2. The van der Waals surface area contributed by atoms with E-state index in [1.54, 1.807) is 16.7 Å². The van der Waals surface area contributed by atoms with Crippen LogP contribution < -0.4 is 4.90 Å². The SMILES string of the molecule is CCN(CC)c1c(C(=O)O)n(-c2cc(C)cc(C)c2)c2cc(Cl)c(Cl)cc12. The molecule has 2 aromatic carbocycles. The first-order valence-electron chi connectivity index (χ1n) is 8.88. The molecule has 0 aliphatic carbocycles. The number of rotatable bonds is 5. The standard InChI is InChI=1S/C21H22Cl2N2O2/c1-5-24(6-2)19-15-10-16(22)17(23)11-18(15)25(20(19)21(26)27)14-8-12(3)7-13(4)9-14/h7-11H,5-6H2,1-4H3,(H,26,27). The van der Waals surface area contributed by atoms with E-state index in [-0.39, 0.29) is 5.69 Å². The van der Waals surface area contributed by atoms with E-state index in [4.69, 9.17) is 23.2 Å². The molecule has 4 nitrogen and oxygen atoms in total. The minimum absolute atomic E-state index is 0.219. The molecule has 0 unspecified atom stereocenters. The number of carboxylic acids is 1. The predicted molar refractivity (Wildman–Crippen MR) is 113 cm³/mol. The smallest absolute Gasteiger partial charge is 0.355 e. The molecule has 0 bridgehead atoms. The molecule has 3 rings (SSSR count). The topological polar surface area (TPSA) is 45.5 Å². The van der Waals surface area contributed by atoms with Gasteiger partial charge < -0.3 is 14.6 Å². The Kier molecular flexibility index (Phi) is 5.41. The summed E-state index contributed by atoms with van der Waals surface area (Å²) in [5.41, 5.74) is 4.54. The molecule has 1 heterocycles. The van der Waals surface area contributed by atoms with Crippen LogP contribution in [0.2, 0.25) is 10.0 Å². The maximum Gasteiger partial charge on any atom is 0.355 e. The Balaban J connectivity index is 2.53. The van der Waals surface area contributed by atoms with Crippen molar-refractivity contribution >= 4 is 45.8 Å². The van der Waals surface area contributed by atoms with E-state index in [1.807, 2.05) is 44.7 Å². The van der Waals surface area contributed by atoms with Crippen LogP contribution in [0.25, 0.3) is 16.6 Å². The van der Waals surface area contributed by atoms with Crippen LogP contribution in [0.3, 0.4) is 0 Å². The molecule has 0 aliphatic rings. The first-order valence-corrected chi connectivity index (χ1v) is 9.64. The zero-order valence-corrected chi connectivity index (χ0v) is 17.3. The van der Waals surface area contributed by atoms with Crippen LogP contribution in [0.1, 0.15) is 35.5 Å². The Labute approximate surface area is 168 Å². The van der Waals surface area contributed by atoms with Crippen molar-refractivity contribution in [2.24, 2.45) is 0 Å². The van der Waals surface area contributed by atoms with Crippen molar-refractivity contribution in [1.29, 1.82) is 0 Å². The van der Waals surface area contributed by atoms with Gasteiger partial charge in [0.1, 0.15) is 0 Å². The van der Waals surface area contributed by atoms with Gasteiger partial charge in [0, 0.05) is 24.2 Å². The third kappa shape index (κ3) is 3.40. The van der Waals surface area contributed by atoms with Gasteiger partial charge in [0.2, 0.25) is 0 Å². The summed E-state index contributed by atoms with van der Waals surface area (Å²) in [6.45, 7) is 9.38. The van der Waals surface area contributed by atoms with Crippen molar-refractivity contribution in [2.45, 2.75) is 27.7 Å². The van der Waals surface area contributed by atoms with E-state index in [0.717, 1.165) is 27.7 Å². The first-order chi connectivity index (χ1) is 12.8. The van der Waals surface area contributed by atoms with Gasteiger partial charge in [0.25, 0.3) is 0 Å². The molecule has 142 valence electrons. The van der Waals surface area contributed by atoms with Gasteiger partial charge in [-0.05, 0) is 63.1 Å². The molecule has 0 aliphatic heterocycles. The molecule has 1 aromatic heterocycles. The van der Waals surface area contributed by atoms with Gasteiger partial charge in [-0.1, -0.05) is 29.3 Å². The summed E-state index contributed by atoms with van der Waals surface area (Å²) in [5, 5.41) is 11.7. The number of fused-ring (bicyclic) bond motifs is 1. The minimum atomic E-state index is -0.987. The third-order valence-electron chi connectivity index (χ3n) is 4.73. The van der Waals surface area contributed by atoms with Gasteiger partial charge in [-0.2, -0.15) is 0 Å². The molecular weight excluding hydrogens is 383 g/mol. The summed E-state index contributed by atoms with van der Waals surface area (Å²) in [4.78, 5) is 14.4. The number of aromatic carboxylic acids is 1. The molecule has 0 fully saturated rings. The highest BCUT2D eigenvalue weighted by Gasteiger charge is 2.27. The van der Waals surface area contributed by atoms with Crippen LogP contribution in [0, 0.1) is 13.8 Å². The molecule has 0 atom stereocenters. The lowest BCUT2D eigenvalue weighted by molar-refractivity contribution is 0.0689. The minimum Gasteiger partial charge on any atom is -0.476 e. The Bertz CT molecular complexity index is 1020. The molecule has 3 aromatic rings. The summed E-state index contributed by atoms with van der Waals surface area (Å²) >= 11 is 12.6. The number of hydrogen-bond donors (Lipinski definition) is 1. The van der Waals surface area contributed by atoms with Gasteiger partial charge >= 0.3 is 5.97 Å². The van der Waals surface area contributed by atoms with Crippen molar-refractivity contribution in [3.8, 4) is 5.69 Å².